The molecule has 11 heteroatoms. The molecule has 0 bridgehead atoms. The van der Waals surface area contributed by atoms with E-state index in [2.05, 4.69) is 15.3 Å². The van der Waals surface area contributed by atoms with Gasteiger partial charge in [0.2, 0.25) is 5.91 Å². The summed E-state index contributed by atoms with van der Waals surface area (Å²) < 4.78 is 38.9. The number of carboxylic acid groups (broad SMARTS) is 1. The Morgan fingerprint density at radius 2 is 2.04 bits per heavy atom. The first kappa shape index (κ1) is 18.7. The average molecular weight is 383 g/mol. The van der Waals surface area contributed by atoms with Crippen molar-refractivity contribution in [2.75, 3.05) is 31.6 Å². The number of hydrogen-bond donors (Lipinski definition) is 2. The molecule has 0 atom stereocenters. The SMILES string of the molecule is CN(CC(=O)NC1CN(C(=O)O)C1)c1ncnc2ccc(C(F)(F)F)cc12. The van der Waals surface area contributed by atoms with E-state index in [0.29, 0.717) is 5.52 Å². The van der Waals surface area contributed by atoms with Crippen molar-refractivity contribution in [2.24, 2.45) is 0 Å². The fourth-order valence-electron chi connectivity index (χ4n) is 2.81. The number of fused-ring (bicyclic) bond motifs is 1. The summed E-state index contributed by atoms with van der Waals surface area (Å²) in [7, 11) is 1.53. The number of anilines is 1. The van der Waals surface area contributed by atoms with Crippen LogP contribution in [0.3, 0.4) is 0 Å². The molecule has 0 saturated carbocycles. The molecule has 1 aliphatic rings. The van der Waals surface area contributed by atoms with E-state index in [4.69, 9.17) is 5.11 Å². The van der Waals surface area contributed by atoms with Gasteiger partial charge < -0.3 is 20.2 Å². The topological polar surface area (TPSA) is 98.7 Å². The minimum Gasteiger partial charge on any atom is -0.465 e. The van der Waals surface area contributed by atoms with E-state index in [0.717, 1.165) is 17.0 Å². The Labute approximate surface area is 151 Å². The number of rotatable bonds is 4. The minimum atomic E-state index is -4.50. The Hall–Kier alpha value is -3.11. The third-order valence-corrected chi connectivity index (χ3v) is 4.20. The number of amides is 2. The third-order valence-electron chi connectivity index (χ3n) is 4.20. The number of aromatic nitrogens is 2. The largest absolute Gasteiger partial charge is 0.465 e. The van der Waals surface area contributed by atoms with Gasteiger partial charge in [0.1, 0.15) is 12.1 Å². The molecule has 1 aromatic heterocycles. The van der Waals surface area contributed by atoms with E-state index in [1.807, 2.05) is 0 Å². The van der Waals surface area contributed by atoms with E-state index in [9.17, 15) is 22.8 Å². The highest BCUT2D eigenvalue weighted by atomic mass is 19.4. The van der Waals surface area contributed by atoms with E-state index in [1.165, 1.54) is 24.3 Å². The Kier molecular flexibility index (Phi) is 4.77. The van der Waals surface area contributed by atoms with E-state index < -0.39 is 17.8 Å². The van der Waals surface area contributed by atoms with Gasteiger partial charge in [0, 0.05) is 25.5 Å². The summed E-state index contributed by atoms with van der Waals surface area (Å²) in [5.74, 6) is -0.187. The molecule has 0 aliphatic carbocycles. The van der Waals surface area contributed by atoms with Crippen LogP contribution < -0.4 is 10.2 Å². The smallest absolute Gasteiger partial charge is 0.416 e. The van der Waals surface area contributed by atoms with Gasteiger partial charge in [-0.05, 0) is 18.2 Å². The maximum atomic E-state index is 13.0. The van der Waals surface area contributed by atoms with Crippen LogP contribution in [0.4, 0.5) is 23.8 Å². The number of halogens is 3. The van der Waals surface area contributed by atoms with Gasteiger partial charge in [0.05, 0.1) is 23.7 Å². The van der Waals surface area contributed by atoms with Gasteiger partial charge in [-0.1, -0.05) is 0 Å². The molecule has 2 amide bonds. The number of likely N-dealkylation sites (tertiary alicyclic amines) is 1. The fraction of sp³-hybridized carbons (Fsp3) is 0.375. The lowest BCUT2D eigenvalue weighted by Crippen LogP contribution is -2.61. The van der Waals surface area contributed by atoms with Crippen LogP contribution in [0.2, 0.25) is 0 Å². The Balaban J connectivity index is 1.72. The lowest BCUT2D eigenvalue weighted by atomic mass is 10.1. The van der Waals surface area contributed by atoms with Crippen molar-refractivity contribution in [3.8, 4) is 0 Å². The van der Waals surface area contributed by atoms with Gasteiger partial charge in [-0.15, -0.1) is 0 Å². The summed E-state index contributed by atoms with van der Waals surface area (Å²) in [6.07, 6.45) is -4.33. The summed E-state index contributed by atoms with van der Waals surface area (Å²) in [6, 6.07) is 2.87. The molecule has 2 N–H and O–H groups in total. The zero-order valence-electron chi connectivity index (χ0n) is 14.2. The molecule has 0 unspecified atom stereocenters. The number of nitrogens with one attached hydrogen (secondary N) is 1. The first-order valence-corrected chi connectivity index (χ1v) is 7.95. The van der Waals surface area contributed by atoms with Crippen molar-refractivity contribution < 1.29 is 27.9 Å². The molecule has 144 valence electrons. The molecule has 1 aromatic carbocycles. The number of likely N-dealkylation sites (N-methyl/N-ethyl adjacent to an activating group) is 1. The zero-order chi connectivity index (χ0) is 19.8. The van der Waals surface area contributed by atoms with Crippen molar-refractivity contribution in [1.82, 2.24) is 20.2 Å². The standard InChI is InChI=1S/C16H16F3N5O3/c1-23(7-13(25)22-10-5-24(6-10)15(26)27)14-11-4-9(16(17,18)19)2-3-12(11)20-8-21-14/h2-4,8,10H,5-7H2,1H3,(H,22,25)(H,26,27). The van der Waals surface area contributed by atoms with Crippen molar-refractivity contribution >= 4 is 28.7 Å². The first-order valence-electron chi connectivity index (χ1n) is 7.95. The van der Waals surface area contributed by atoms with Crippen LogP contribution in [0, 0.1) is 0 Å². The molecule has 0 radical (unpaired) electrons. The highest BCUT2D eigenvalue weighted by Crippen LogP contribution is 2.33. The van der Waals surface area contributed by atoms with Crippen LogP contribution in [-0.4, -0.2) is 64.7 Å². The Bertz CT molecular complexity index is 883. The van der Waals surface area contributed by atoms with Gasteiger partial charge in [-0.2, -0.15) is 13.2 Å². The normalized spacial score (nSPS) is 14.7. The monoisotopic (exact) mass is 383 g/mol. The number of hydrogen-bond acceptors (Lipinski definition) is 5. The molecule has 1 saturated heterocycles. The summed E-state index contributed by atoms with van der Waals surface area (Å²) in [4.78, 5) is 33.4. The molecule has 2 heterocycles. The molecule has 27 heavy (non-hydrogen) atoms. The lowest BCUT2D eigenvalue weighted by molar-refractivity contribution is -0.137. The summed E-state index contributed by atoms with van der Waals surface area (Å²) in [5, 5.41) is 11.6. The number of benzene rings is 1. The van der Waals surface area contributed by atoms with Crippen LogP contribution in [0.1, 0.15) is 5.56 Å². The summed E-state index contributed by atoms with van der Waals surface area (Å²) in [6.45, 7) is 0.262. The van der Waals surface area contributed by atoms with Crippen molar-refractivity contribution in [1.29, 1.82) is 0 Å². The Morgan fingerprint density at radius 1 is 1.33 bits per heavy atom. The number of nitrogens with zero attached hydrogens (tertiary/aromatic N) is 4. The van der Waals surface area contributed by atoms with E-state index >= 15 is 0 Å². The van der Waals surface area contributed by atoms with Gasteiger partial charge in [-0.25, -0.2) is 14.8 Å². The van der Waals surface area contributed by atoms with E-state index in [-0.39, 0.29) is 42.8 Å². The third kappa shape index (κ3) is 4.01. The second-order valence-corrected chi connectivity index (χ2v) is 6.24. The van der Waals surface area contributed by atoms with Crippen molar-refractivity contribution in [2.45, 2.75) is 12.2 Å². The van der Waals surface area contributed by atoms with Crippen LogP contribution in [0.25, 0.3) is 10.9 Å². The van der Waals surface area contributed by atoms with E-state index in [1.54, 1.807) is 0 Å². The van der Waals surface area contributed by atoms with Crippen molar-refractivity contribution in [3.05, 3.63) is 30.1 Å². The number of carbonyl (C=O) groups excluding carboxylic acids is 1. The number of alkyl halides is 3. The van der Waals surface area contributed by atoms with Gasteiger partial charge in [0.25, 0.3) is 0 Å². The molecule has 8 nitrogen and oxygen atoms in total. The predicted octanol–water partition coefficient (Wildman–Crippen LogP) is 1.56. The van der Waals surface area contributed by atoms with Gasteiger partial charge >= 0.3 is 12.3 Å². The summed E-state index contributed by atoms with van der Waals surface area (Å²) in [5.41, 5.74) is -0.497. The highest BCUT2D eigenvalue weighted by molar-refractivity contribution is 5.92. The maximum Gasteiger partial charge on any atom is 0.416 e. The minimum absolute atomic E-state index is 0.147. The van der Waals surface area contributed by atoms with Crippen LogP contribution >= 0.6 is 0 Å². The number of carbonyl (C=O) groups is 2. The highest BCUT2D eigenvalue weighted by Gasteiger charge is 2.32. The second-order valence-electron chi connectivity index (χ2n) is 6.24. The molecule has 0 spiro atoms. The Morgan fingerprint density at radius 3 is 2.67 bits per heavy atom. The second kappa shape index (κ2) is 6.89. The fourth-order valence-corrected chi connectivity index (χ4v) is 2.81. The van der Waals surface area contributed by atoms with Gasteiger partial charge in [0.15, 0.2) is 0 Å². The molecule has 2 aromatic rings. The molecule has 1 fully saturated rings. The van der Waals surface area contributed by atoms with Crippen molar-refractivity contribution in [3.63, 3.8) is 0 Å². The molecule has 3 rings (SSSR count). The molecular formula is C16H16F3N5O3. The van der Waals surface area contributed by atoms with Gasteiger partial charge in [-0.3, -0.25) is 4.79 Å². The molecule has 1 aliphatic heterocycles. The van der Waals surface area contributed by atoms with Crippen LogP contribution in [-0.2, 0) is 11.0 Å². The quantitative estimate of drug-likeness (QED) is 0.832. The summed E-state index contributed by atoms with van der Waals surface area (Å²) >= 11 is 0. The van der Waals surface area contributed by atoms with Crippen LogP contribution in [0.5, 0.6) is 0 Å². The predicted molar refractivity (Wildman–Crippen MR) is 89.3 cm³/mol. The maximum absolute atomic E-state index is 13.0. The van der Waals surface area contributed by atoms with Crippen LogP contribution in [0.15, 0.2) is 24.5 Å². The first-order chi connectivity index (χ1) is 12.6. The lowest BCUT2D eigenvalue weighted by Gasteiger charge is -2.37. The molecular weight excluding hydrogens is 367 g/mol. The zero-order valence-corrected chi connectivity index (χ0v) is 14.2. The average Bonchev–Trinajstić information content (AvgIpc) is 2.55.